The Balaban J connectivity index is 0.00000120. The molecule has 1 N–H and O–H groups in total. The highest BCUT2D eigenvalue weighted by Crippen LogP contribution is 2.23. The van der Waals surface area contributed by atoms with Crippen molar-refractivity contribution in [1.29, 1.82) is 0 Å². The van der Waals surface area contributed by atoms with Crippen molar-refractivity contribution in [2.75, 3.05) is 6.54 Å². The lowest BCUT2D eigenvalue weighted by Crippen LogP contribution is -2.12. The molecule has 0 radical (unpaired) electrons. The number of aromatic nitrogens is 4. The molecule has 6 nitrogen and oxygen atoms in total. The van der Waals surface area contributed by atoms with Crippen molar-refractivity contribution in [3.8, 4) is 11.5 Å². The van der Waals surface area contributed by atoms with Crippen LogP contribution >= 0.6 is 12.4 Å². The molecule has 7 heteroatoms. The van der Waals surface area contributed by atoms with E-state index < -0.39 is 0 Å². The van der Waals surface area contributed by atoms with Crippen LogP contribution < -0.4 is 5.32 Å². The first kappa shape index (κ1) is 12.9. The zero-order valence-corrected chi connectivity index (χ0v) is 10.8. The summed E-state index contributed by atoms with van der Waals surface area (Å²) in [6.07, 6.45) is 2.19. The van der Waals surface area contributed by atoms with Gasteiger partial charge < -0.3 is 9.84 Å². The summed E-state index contributed by atoms with van der Waals surface area (Å²) in [5.41, 5.74) is 1.51. The van der Waals surface area contributed by atoms with E-state index in [2.05, 4.69) is 25.7 Å². The average molecular weight is 268 g/mol. The molecule has 1 aliphatic rings. The molecule has 3 heterocycles. The minimum atomic E-state index is 0. The lowest BCUT2D eigenvalue weighted by Gasteiger charge is -2.01. The SMILES string of the molecule is Cc1ccc(-c2noc([C@H]3CCCN3)n2)nn1.Cl. The fourth-order valence-electron chi connectivity index (χ4n) is 1.89. The Labute approximate surface area is 111 Å². The summed E-state index contributed by atoms with van der Waals surface area (Å²) < 4.78 is 5.24. The van der Waals surface area contributed by atoms with Crippen LogP contribution in [0.25, 0.3) is 11.5 Å². The second kappa shape index (κ2) is 5.41. The van der Waals surface area contributed by atoms with Gasteiger partial charge in [0.05, 0.1) is 11.7 Å². The van der Waals surface area contributed by atoms with Crippen LogP contribution in [0.3, 0.4) is 0 Å². The maximum absolute atomic E-state index is 5.24. The normalized spacial score (nSPS) is 18.6. The number of hydrogen-bond acceptors (Lipinski definition) is 6. The Morgan fingerprint density at radius 3 is 2.89 bits per heavy atom. The lowest BCUT2D eigenvalue weighted by molar-refractivity contribution is 0.345. The van der Waals surface area contributed by atoms with Crippen LogP contribution in [0.5, 0.6) is 0 Å². The number of nitrogens with one attached hydrogen (secondary N) is 1. The Morgan fingerprint density at radius 1 is 1.33 bits per heavy atom. The summed E-state index contributed by atoms with van der Waals surface area (Å²) >= 11 is 0. The Bertz CT molecular complexity index is 506. The molecule has 2 aromatic heterocycles. The Hall–Kier alpha value is -1.53. The third kappa shape index (κ3) is 2.49. The number of nitrogens with zero attached hydrogens (tertiary/aromatic N) is 4. The largest absolute Gasteiger partial charge is 0.337 e. The molecule has 96 valence electrons. The summed E-state index contributed by atoms with van der Waals surface area (Å²) in [4.78, 5) is 4.35. The van der Waals surface area contributed by atoms with Crippen molar-refractivity contribution >= 4 is 12.4 Å². The minimum Gasteiger partial charge on any atom is -0.337 e. The number of hydrogen-bond donors (Lipinski definition) is 1. The van der Waals surface area contributed by atoms with Crippen LogP contribution in [0.15, 0.2) is 16.7 Å². The second-order valence-electron chi connectivity index (χ2n) is 4.17. The van der Waals surface area contributed by atoms with Gasteiger partial charge >= 0.3 is 0 Å². The maximum atomic E-state index is 5.24. The van der Waals surface area contributed by atoms with E-state index in [4.69, 9.17) is 4.52 Å². The summed E-state index contributed by atoms with van der Waals surface area (Å²) in [6.45, 7) is 2.90. The topological polar surface area (TPSA) is 76.7 Å². The van der Waals surface area contributed by atoms with Gasteiger partial charge in [0.1, 0.15) is 5.69 Å². The van der Waals surface area contributed by atoms with E-state index in [-0.39, 0.29) is 18.4 Å². The molecule has 0 unspecified atom stereocenters. The van der Waals surface area contributed by atoms with Gasteiger partial charge in [0.2, 0.25) is 11.7 Å². The van der Waals surface area contributed by atoms with Crippen molar-refractivity contribution in [3.05, 3.63) is 23.7 Å². The van der Waals surface area contributed by atoms with Crippen LogP contribution in [-0.2, 0) is 0 Å². The van der Waals surface area contributed by atoms with Crippen molar-refractivity contribution in [2.45, 2.75) is 25.8 Å². The third-order valence-corrected chi connectivity index (χ3v) is 2.83. The highest BCUT2D eigenvalue weighted by atomic mass is 35.5. The molecule has 0 spiro atoms. The molecule has 0 amide bonds. The first-order valence-corrected chi connectivity index (χ1v) is 5.70. The van der Waals surface area contributed by atoms with Gasteiger partial charge in [0.15, 0.2) is 0 Å². The molecule has 3 rings (SSSR count). The molecule has 18 heavy (non-hydrogen) atoms. The number of halogens is 1. The van der Waals surface area contributed by atoms with Crippen molar-refractivity contribution < 1.29 is 4.52 Å². The average Bonchev–Trinajstić information content (AvgIpc) is 3.00. The molecule has 1 saturated heterocycles. The molecule has 0 bridgehead atoms. The van der Waals surface area contributed by atoms with Crippen LogP contribution in [0.4, 0.5) is 0 Å². The van der Waals surface area contributed by atoms with Crippen LogP contribution in [0, 0.1) is 6.92 Å². The van der Waals surface area contributed by atoms with Crippen LogP contribution in [0.1, 0.15) is 30.5 Å². The monoisotopic (exact) mass is 267 g/mol. The number of rotatable bonds is 2. The summed E-state index contributed by atoms with van der Waals surface area (Å²) in [6, 6.07) is 3.92. The predicted molar refractivity (Wildman–Crippen MR) is 67.3 cm³/mol. The summed E-state index contributed by atoms with van der Waals surface area (Å²) in [7, 11) is 0. The van der Waals surface area contributed by atoms with E-state index in [1.807, 2.05) is 19.1 Å². The third-order valence-electron chi connectivity index (χ3n) is 2.83. The van der Waals surface area contributed by atoms with Crippen molar-refractivity contribution in [3.63, 3.8) is 0 Å². The molecule has 0 aromatic carbocycles. The van der Waals surface area contributed by atoms with E-state index in [1.54, 1.807) is 0 Å². The molecule has 1 atom stereocenters. The van der Waals surface area contributed by atoms with Crippen molar-refractivity contribution in [2.24, 2.45) is 0 Å². The van der Waals surface area contributed by atoms with Crippen molar-refractivity contribution in [1.82, 2.24) is 25.7 Å². The standard InChI is InChI=1S/C11H13N5O.ClH/c1-7-4-5-8(15-14-7)10-13-11(17-16-10)9-3-2-6-12-9;/h4-5,9,12H,2-3,6H2,1H3;1H/t9-;/m1./s1. The first-order chi connectivity index (χ1) is 8.33. The van der Waals surface area contributed by atoms with E-state index >= 15 is 0 Å². The molecule has 1 fully saturated rings. The first-order valence-electron chi connectivity index (χ1n) is 5.70. The van der Waals surface area contributed by atoms with Gasteiger partial charge in [-0.1, -0.05) is 5.16 Å². The molecule has 1 aliphatic heterocycles. The minimum absolute atomic E-state index is 0. The molecule has 2 aromatic rings. The van der Waals surface area contributed by atoms with E-state index in [0.717, 1.165) is 25.1 Å². The fraction of sp³-hybridized carbons (Fsp3) is 0.455. The van der Waals surface area contributed by atoms with Gasteiger partial charge in [-0.25, -0.2) is 0 Å². The van der Waals surface area contributed by atoms with Crippen LogP contribution in [-0.4, -0.2) is 26.9 Å². The van der Waals surface area contributed by atoms with E-state index in [9.17, 15) is 0 Å². The van der Waals surface area contributed by atoms with E-state index in [0.29, 0.717) is 17.4 Å². The fourth-order valence-corrected chi connectivity index (χ4v) is 1.89. The van der Waals surface area contributed by atoms with Gasteiger partial charge in [-0.3, -0.25) is 0 Å². The zero-order valence-electron chi connectivity index (χ0n) is 9.96. The van der Waals surface area contributed by atoms with Gasteiger partial charge in [-0.2, -0.15) is 10.1 Å². The van der Waals surface area contributed by atoms with Gasteiger partial charge in [-0.05, 0) is 38.4 Å². The maximum Gasteiger partial charge on any atom is 0.244 e. The highest BCUT2D eigenvalue weighted by Gasteiger charge is 2.22. The Kier molecular flexibility index (Phi) is 3.88. The lowest BCUT2D eigenvalue weighted by atomic mass is 10.2. The summed E-state index contributed by atoms with van der Waals surface area (Å²) in [5, 5.41) is 15.3. The van der Waals surface area contributed by atoms with Crippen LogP contribution in [0.2, 0.25) is 0 Å². The number of aryl methyl sites for hydroxylation is 1. The Morgan fingerprint density at radius 2 is 2.22 bits per heavy atom. The highest BCUT2D eigenvalue weighted by molar-refractivity contribution is 5.85. The molecular weight excluding hydrogens is 254 g/mol. The van der Waals surface area contributed by atoms with Gasteiger partial charge in [-0.15, -0.1) is 17.5 Å². The second-order valence-corrected chi connectivity index (χ2v) is 4.17. The smallest absolute Gasteiger partial charge is 0.244 e. The molecule has 0 aliphatic carbocycles. The predicted octanol–water partition coefficient (Wildman–Crippen LogP) is 1.68. The van der Waals surface area contributed by atoms with E-state index in [1.165, 1.54) is 0 Å². The molecule has 0 saturated carbocycles. The quantitative estimate of drug-likeness (QED) is 0.892. The van der Waals surface area contributed by atoms with Gasteiger partial charge in [0.25, 0.3) is 0 Å². The zero-order chi connectivity index (χ0) is 11.7. The summed E-state index contributed by atoms with van der Waals surface area (Å²) in [5.74, 6) is 1.14. The van der Waals surface area contributed by atoms with Gasteiger partial charge in [0, 0.05) is 0 Å². The molecular formula is C11H14ClN5O.